The second-order valence-electron chi connectivity index (χ2n) is 7.69. The van der Waals surface area contributed by atoms with Gasteiger partial charge in [0.25, 0.3) is 12.3 Å². The third-order valence-corrected chi connectivity index (χ3v) is 5.95. The molecule has 2 aromatic rings. The van der Waals surface area contributed by atoms with Crippen LogP contribution in [0.1, 0.15) is 41.6 Å². The average molecular weight is 348 g/mol. The summed E-state index contributed by atoms with van der Waals surface area (Å²) < 4.78 is 16.0. The molecule has 132 valence electrons. The van der Waals surface area contributed by atoms with E-state index in [-0.39, 0.29) is 18.1 Å². The Balaban J connectivity index is 1.76. The fourth-order valence-electron chi connectivity index (χ4n) is 4.19. The van der Waals surface area contributed by atoms with Gasteiger partial charge in [-0.25, -0.2) is 9.65 Å². The Labute approximate surface area is 153 Å². The number of benzene rings is 1. The van der Waals surface area contributed by atoms with Crippen molar-refractivity contribution < 1.29 is 4.39 Å². The highest BCUT2D eigenvalue weighted by molar-refractivity contribution is 6.66. The van der Waals surface area contributed by atoms with Crippen LogP contribution < -0.4 is 5.56 Å². The van der Waals surface area contributed by atoms with Crippen LogP contribution >= 0.6 is 0 Å². The van der Waals surface area contributed by atoms with E-state index in [1.165, 1.54) is 25.3 Å². The molecule has 4 rings (SSSR count). The van der Waals surface area contributed by atoms with Gasteiger partial charge in [-0.2, -0.15) is 0 Å². The molecule has 26 heavy (non-hydrogen) atoms. The van der Waals surface area contributed by atoms with Gasteiger partial charge in [-0.3, -0.25) is 4.79 Å². The smallest absolute Gasteiger partial charge is 0.272 e. The zero-order valence-electron chi connectivity index (χ0n) is 14.9. The van der Waals surface area contributed by atoms with Crippen LogP contribution in [0.5, 0.6) is 0 Å². The van der Waals surface area contributed by atoms with E-state index in [0.29, 0.717) is 29.8 Å². The molecule has 0 bridgehead atoms. The summed E-state index contributed by atoms with van der Waals surface area (Å²) in [7, 11) is 0. The number of pyridine rings is 1. The van der Waals surface area contributed by atoms with Gasteiger partial charge in [-0.1, -0.05) is 30.9 Å². The highest BCUT2D eigenvalue weighted by atomic mass is 19.1. The van der Waals surface area contributed by atoms with Crippen molar-refractivity contribution >= 4 is 6.71 Å². The molecule has 1 aromatic carbocycles. The predicted molar refractivity (Wildman–Crippen MR) is 101 cm³/mol. The quantitative estimate of drug-likeness (QED) is 0.793. The number of halogens is 1. The van der Waals surface area contributed by atoms with E-state index in [1.54, 1.807) is 18.2 Å². The van der Waals surface area contributed by atoms with Crippen molar-refractivity contribution in [1.82, 2.24) is 4.57 Å². The number of hydrogen-bond donors (Lipinski definition) is 0. The second kappa shape index (κ2) is 7.11. The van der Waals surface area contributed by atoms with Gasteiger partial charge in [-0.05, 0) is 54.8 Å². The predicted octanol–water partition coefficient (Wildman–Crippen LogP) is 3.57. The molecular weight excluding hydrogens is 326 g/mol. The molecule has 1 saturated carbocycles. The van der Waals surface area contributed by atoms with Gasteiger partial charge in [0.15, 0.2) is 0 Å². The van der Waals surface area contributed by atoms with Crippen LogP contribution in [0, 0.1) is 23.0 Å². The van der Waals surface area contributed by atoms with Crippen molar-refractivity contribution in [3.8, 4) is 5.97 Å². The van der Waals surface area contributed by atoms with Gasteiger partial charge in [0.05, 0.1) is 0 Å². The third kappa shape index (κ3) is 3.21. The van der Waals surface area contributed by atoms with E-state index < -0.39 is 0 Å². The summed E-state index contributed by atoms with van der Waals surface area (Å²) in [4.78, 5) is 13.2. The highest BCUT2D eigenvalue weighted by Crippen LogP contribution is 2.30. The number of rotatable bonds is 4. The summed E-state index contributed by atoms with van der Waals surface area (Å²) in [6.45, 7) is 0.780. The second-order valence-corrected chi connectivity index (χ2v) is 7.69. The van der Waals surface area contributed by atoms with Crippen LogP contribution in [-0.2, 0) is 25.7 Å². The molecule has 0 saturated heterocycles. The molecule has 1 fully saturated rings. The fraction of sp³-hybridized carbons (Fsp3) is 0.429. The third-order valence-electron chi connectivity index (χ3n) is 5.95. The SMILES string of the molecule is N#CB1CCc2c(cc(Cc3ccccc3F)c(=O)n2CC2CCC2)C1. The van der Waals surface area contributed by atoms with E-state index >= 15 is 0 Å². The Kier molecular flexibility index (Phi) is 4.67. The molecule has 0 spiro atoms. The van der Waals surface area contributed by atoms with Crippen molar-refractivity contribution in [2.75, 3.05) is 0 Å². The molecule has 1 aliphatic carbocycles. The minimum absolute atomic E-state index is 0.0125. The Bertz CT molecular complexity index is 927. The molecule has 1 aromatic heterocycles. The Morgan fingerprint density at radius 2 is 2.08 bits per heavy atom. The first-order valence-electron chi connectivity index (χ1n) is 9.53. The largest absolute Gasteiger partial charge is 0.312 e. The van der Waals surface area contributed by atoms with E-state index in [2.05, 4.69) is 5.97 Å². The lowest BCUT2D eigenvalue weighted by atomic mass is 9.42. The fourth-order valence-corrected chi connectivity index (χ4v) is 4.19. The maximum atomic E-state index is 14.1. The standard InChI is InChI=1S/C21H22BFN2O/c23-19-7-2-1-6-16(19)10-17-11-18-12-22(14-24)9-8-20(18)25(21(17)26)13-15-4-3-5-15/h1-2,6-7,11,15H,3-5,8-10,12-13H2. The monoisotopic (exact) mass is 348 g/mol. The van der Waals surface area contributed by atoms with Crippen LogP contribution in [-0.4, -0.2) is 11.3 Å². The first-order chi connectivity index (χ1) is 12.7. The number of nitrogens with zero attached hydrogens (tertiary/aromatic N) is 2. The van der Waals surface area contributed by atoms with Crippen LogP contribution in [0.3, 0.4) is 0 Å². The zero-order valence-corrected chi connectivity index (χ0v) is 14.9. The molecule has 0 N–H and O–H groups in total. The van der Waals surface area contributed by atoms with Crippen molar-refractivity contribution in [1.29, 1.82) is 5.26 Å². The van der Waals surface area contributed by atoms with E-state index in [4.69, 9.17) is 0 Å². The Morgan fingerprint density at radius 3 is 2.77 bits per heavy atom. The first kappa shape index (κ1) is 17.1. The van der Waals surface area contributed by atoms with E-state index in [0.717, 1.165) is 30.5 Å². The van der Waals surface area contributed by atoms with Crippen LogP contribution in [0.2, 0.25) is 6.32 Å². The Hall–Kier alpha value is -2.35. The van der Waals surface area contributed by atoms with Crippen LogP contribution in [0.4, 0.5) is 4.39 Å². The number of hydrogen-bond acceptors (Lipinski definition) is 2. The lowest BCUT2D eigenvalue weighted by molar-refractivity contribution is 0.270. The number of nitriles is 1. The molecule has 0 radical (unpaired) electrons. The van der Waals surface area contributed by atoms with Gasteiger partial charge in [-0.15, -0.1) is 0 Å². The van der Waals surface area contributed by atoms with Gasteiger partial charge in [0.1, 0.15) is 5.82 Å². The van der Waals surface area contributed by atoms with Gasteiger partial charge in [0.2, 0.25) is 0 Å². The molecule has 1 aliphatic heterocycles. The molecular formula is C21H22BFN2O. The van der Waals surface area contributed by atoms with Gasteiger partial charge >= 0.3 is 0 Å². The lowest BCUT2D eigenvalue weighted by Gasteiger charge is -2.30. The number of fused-ring (bicyclic) bond motifs is 1. The Morgan fingerprint density at radius 1 is 1.27 bits per heavy atom. The summed E-state index contributed by atoms with van der Waals surface area (Å²) in [5.74, 6) is 2.68. The molecule has 0 amide bonds. The number of aromatic nitrogens is 1. The zero-order chi connectivity index (χ0) is 18.1. The molecule has 2 aliphatic rings. The van der Waals surface area contributed by atoms with Gasteiger partial charge < -0.3 is 4.57 Å². The molecule has 0 unspecified atom stereocenters. The summed E-state index contributed by atoms with van der Waals surface area (Å²) >= 11 is 0. The first-order valence-corrected chi connectivity index (χ1v) is 9.53. The summed E-state index contributed by atoms with van der Waals surface area (Å²) in [6.07, 6.45) is 6.21. The van der Waals surface area contributed by atoms with Gasteiger partial charge in [0, 0.05) is 30.2 Å². The summed E-state index contributed by atoms with van der Waals surface area (Å²) in [5, 5.41) is 9.31. The summed E-state index contributed by atoms with van der Waals surface area (Å²) in [5.41, 5.74) is 3.42. The molecule has 5 heteroatoms. The molecule has 3 nitrogen and oxygen atoms in total. The normalized spacial score (nSPS) is 16.7. The van der Waals surface area contributed by atoms with Crippen molar-refractivity contribution in [2.45, 2.75) is 51.3 Å². The van der Waals surface area contributed by atoms with Crippen molar-refractivity contribution in [3.05, 3.63) is 68.9 Å². The van der Waals surface area contributed by atoms with Crippen LogP contribution in [0.25, 0.3) is 0 Å². The average Bonchev–Trinajstić information content (AvgIpc) is 2.61. The minimum atomic E-state index is -0.273. The topological polar surface area (TPSA) is 45.8 Å². The maximum Gasteiger partial charge on any atom is 0.272 e. The lowest BCUT2D eigenvalue weighted by Crippen LogP contribution is -2.36. The van der Waals surface area contributed by atoms with Crippen molar-refractivity contribution in [3.63, 3.8) is 0 Å². The molecule has 0 atom stereocenters. The van der Waals surface area contributed by atoms with Crippen molar-refractivity contribution in [2.24, 2.45) is 5.92 Å². The van der Waals surface area contributed by atoms with E-state index in [1.807, 2.05) is 10.6 Å². The highest BCUT2D eigenvalue weighted by Gasteiger charge is 2.28. The van der Waals surface area contributed by atoms with E-state index in [9.17, 15) is 14.4 Å². The molecule has 2 heterocycles. The minimum Gasteiger partial charge on any atom is -0.312 e. The van der Waals surface area contributed by atoms with Crippen LogP contribution in [0.15, 0.2) is 35.1 Å². The summed E-state index contributed by atoms with van der Waals surface area (Å²) in [6, 6.07) is 8.58. The maximum absolute atomic E-state index is 14.1.